The molecule has 17 heavy (non-hydrogen) atoms. The normalized spacial score (nSPS) is 19.4. The van der Waals surface area contributed by atoms with Crippen LogP contribution < -0.4 is 16.6 Å². The van der Waals surface area contributed by atoms with Crippen LogP contribution in [0.3, 0.4) is 0 Å². The van der Waals surface area contributed by atoms with Gasteiger partial charge in [0.05, 0.1) is 6.54 Å². The quantitative estimate of drug-likeness (QED) is 0.210. The molecular weight excluding hydrogens is 214 g/mol. The largest absolute Gasteiger partial charge is 0.355 e. The lowest BCUT2D eigenvalue weighted by Gasteiger charge is -2.22. The minimum atomic E-state index is 0.508. The standard InChI is InChI=1S/C12H27N5/c1-3-4-7-14-12(16-13)15-10-11(2)17-8-5-6-9-17/h11H,3-10,13H2,1-2H3,(H2,14,15,16). The Bertz CT molecular complexity index is 223. The zero-order valence-electron chi connectivity index (χ0n) is 11.2. The SMILES string of the molecule is CCCCNC(=NCC(C)N1CCCC1)NN. The highest BCUT2D eigenvalue weighted by Crippen LogP contribution is 2.11. The molecule has 1 aliphatic rings. The van der Waals surface area contributed by atoms with Crippen molar-refractivity contribution < 1.29 is 0 Å². The van der Waals surface area contributed by atoms with Gasteiger partial charge in [-0.2, -0.15) is 0 Å². The Balaban J connectivity index is 2.27. The number of likely N-dealkylation sites (tertiary alicyclic amines) is 1. The van der Waals surface area contributed by atoms with Gasteiger partial charge in [-0.25, -0.2) is 5.84 Å². The van der Waals surface area contributed by atoms with Crippen LogP contribution in [0.2, 0.25) is 0 Å². The average Bonchev–Trinajstić information content (AvgIpc) is 2.87. The maximum Gasteiger partial charge on any atom is 0.205 e. The average molecular weight is 241 g/mol. The van der Waals surface area contributed by atoms with Crippen molar-refractivity contribution in [1.29, 1.82) is 0 Å². The van der Waals surface area contributed by atoms with E-state index in [1.54, 1.807) is 0 Å². The van der Waals surface area contributed by atoms with E-state index in [1.165, 1.54) is 32.4 Å². The number of aliphatic imine (C=N–C) groups is 1. The number of hydrazine groups is 1. The molecule has 5 heteroatoms. The minimum Gasteiger partial charge on any atom is -0.355 e. The van der Waals surface area contributed by atoms with E-state index >= 15 is 0 Å². The van der Waals surface area contributed by atoms with Crippen LogP contribution in [0.25, 0.3) is 0 Å². The van der Waals surface area contributed by atoms with Gasteiger partial charge in [-0.05, 0) is 39.3 Å². The van der Waals surface area contributed by atoms with E-state index in [0.717, 1.165) is 19.5 Å². The summed E-state index contributed by atoms with van der Waals surface area (Å²) >= 11 is 0. The monoisotopic (exact) mass is 241 g/mol. The van der Waals surface area contributed by atoms with E-state index in [9.17, 15) is 0 Å². The fraction of sp³-hybridized carbons (Fsp3) is 0.917. The first-order chi connectivity index (χ1) is 8.27. The van der Waals surface area contributed by atoms with Crippen LogP contribution in [-0.2, 0) is 0 Å². The van der Waals surface area contributed by atoms with Gasteiger partial charge in [0.1, 0.15) is 0 Å². The van der Waals surface area contributed by atoms with Gasteiger partial charge in [0.15, 0.2) is 0 Å². The number of hydrogen-bond donors (Lipinski definition) is 3. The third-order valence-electron chi connectivity index (χ3n) is 3.24. The van der Waals surface area contributed by atoms with Gasteiger partial charge in [0.25, 0.3) is 0 Å². The maximum absolute atomic E-state index is 5.44. The van der Waals surface area contributed by atoms with Crippen LogP contribution in [-0.4, -0.2) is 43.1 Å². The number of nitrogens with two attached hydrogens (primary N) is 1. The molecule has 1 rings (SSSR count). The molecule has 1 atom stereocenters. The predicted octanol–water partition coefficient (Wildman–Crippen LogP) is 0.680. The van der Waals surface area contributed by atoms with Crippen LogP contribution in [0.5, 0.6) is 0 Å². The number of rotatable bonds is 6. The van der Waals surface area contributed by atoms with E-state index in [1.807, 2.05) is 0 Å². The van der Waals surface area contributed by atoms with E-state index in [0.29, 0.717) is 12.0 Å². The van der Waals surface area contributed by atoms with Gasteiger partial charge < -0.3 is 5.32 Å². The Kier molecular flexibility index (Phi) is 6.96. The Morgan fingerprint density at radius 3 is 2.71 bits per heavy atom. The van der Waals surface area contributed by atoms with E-state index in [2.05, 4.69) is 34.5 Å². The van der Waals surface area contributed by atoms with Gasteiger partial charge in [-0.15, -0.1) is 0 Å². The first-order valence-corrected chi connectivity index (χ1v) is 6.77. The Morgan fingerprint density at radius 1 is 1.41 bits per heavy atom. The van der Waals surface area contributed by atoms with Crippen molar-refractivity contribution in [2.24, 2.45) is 10.8 Å². The molecule has 1 aliphatic heterocycles. The molecule has 1 saturated heterocycles. The summed E-state index contributed by atoms with van der Waals surface area (Å²) < 4.78 is 0. The summed E-state index contributed by atoms with van der Waals surface area (Å²) in [5.41, 5.74) is 2.63. The molecule has 0 aliphatic carbocycles. The zero-order valence-corrected chi connectivity index (χ0v) is 11.2. The summed E-state index contributed by atoms with van der Waals surface area (Å²) in [4.78, 5) is 6.98. The first kappa shape index (κ1) is 14.3. The molecule has 100 valence electrons. The molecule has 0 saturated carbocycles. The Labute approximate surface area is 105 Å². The van der Waals surface area contributed by atoms with Crippen molar-refractivity contribution in [3.05, 3.63) is 0 Å². The maximum atomic E-state index is 5.44. The Morgan fingerprint density at radius 2 is 2.12 bits per heavy atom. The summed E-state index contributed by atoms with van der Waals surface area (Å²) in [6, 6.07) is 0.508. The molecule has 0 bridgehead atoms. The fourth-order valence-electron chi connectivity index (χ4n) is 2.06. The Hall–Kier alpha value is -0.810. The highest BCUT2D eigenvalue weighted by atomic mass is 15.3. The number of hydrogen-bond acceptors (Lipinski definition) is 3. The van der Waals surface area contributed by atoms with Gasteiger partial charge in [0.2, 0.25) is 5.96 Å². The fourth-order valence-corrected chi connectivity index (χ4v) is 2.06. The van der Waals surface area contributed by atoms with Crippen LogP contribution in [0, 0.1) is 0 Å². The molecule has 1 heterocycles. The summed E-state index contributed by atoms with van der Waals surface area (Å²) in [6.07, 6.45) is 4.97. The highest BCUT2D eigenvalue weighted by Gasteiger charge is 2.17. The van der Waals surface area contributed by atoms with Crippen molar-refractivity contribution in [1.82, 2.24) is 15.6 Å². The van der Waals surface area contributed by atoms with Gasteiger partial charge in [-0.1, -0.05) is 13.3 Å². The highest BCUT2D eigenvalue weighted by molar-refractivity contribution is 5.79. The second kappa shape index (κ2) is 8.31. The second-order valence-corrected chi connectivity index (χ2v) is 4.71. The van der Waals surface area contributed by atoms with Crippen LogP contribution >= 0.6 is 0 Å². The smallest absolute Gasteiger partial charge is 0.205 e. The zero-order chi connectivity index (χ0) is 12.5. The topological polar surface area (TPSA) is 65.7 Å². The number of nitrogens with one attached hydrogen (secondary N) is 2. The lowest BCUT2D eigenvalue weighted by Crippen LogP contribution is -2.43. The lowest BCUT2D eigenvalue weighted by molar-refractivity contribution is 0.265. The predicted molar refractivity (Wildman–Crippen MR) is 72.8 cm³/mol. The molecule has 0 spiro atoms. The van der Waals surface area contributed by atoms with Gasteiger partial charge in [0, 0.05) is 12.6 Å². The van der Waals surface area contributed by atoms with E-state index < -0.39 is 0 Å². The molecule has 0 aromatic heterocycles. The molecule has 1 fully saturated rings. The molecule has 0 aromatic rings. The van der Waals surface area contributed by atoms with Crippen molar-refractivity contribution >= 4 is 5.96 Å². The number of unbranched alkanes of at least 4 members (excludes halogenated alkanes) is 1. The molecule has 0 amide bonds. The van der Waals surface area contributed by atoms with Crippen molar-refractivity contribution in [2.75, 3.05) is 26.2 Å². The van der Waals surface area contributed by atoms with Crippen molar-refractivity contribution in [2.45, 2.75) is 45.6 Å². The third-order valence-corrected chi connectivity index (χ3v) is 3.24. The van der Waals surface area contributed by atoms with Gasteiger partial charge in [-0.3, -0.25) is 15.3 Å². The van der Waals surface area contributed by atoms with E-state index in [4.69, 9.17) is 5.84 Å². The summed E-state index contributed by atoms with van der Waals surface area (Å²) in [7, 11) is 0. The molecular formula is C12H27N5. The summed E-state index contributed by atoms with van der Waals surface area (Å²) in [5.74, 6) is 6.15. The first-order valence-electron chi connectivity index (χ1n) is 6.77. The summed E-state index contributed by atoms with van der Waals surface area (Å²) in [5, 5.41) is 3.21. The third kappa shape index (κ3) is 5.37. The molecule has 4 N–H and O–H groups in total. The van der Waals surface area contributed by atoms with Crippen LogP contribution in [0.1, 0.15) is 39.5 Å². The van der Waals surface area contributed by atoms with Crippen molar-refractivity contribution in [3.63, 3.8) is 0 Å². The van der Waals surface area contributed by atoms with Gasteiger partial charge >= 0.3 is 0 Å². The van der Waals surface area contributed by atoms with Crippen LogP contribution in [0.4, 0.5) is 0 Å². The number of guanidine groups is 1. The van der Waals surface area contributed by atoms with Crippen molar-refractivity contribution in [3.8, 4) is 0 Å². The molecule has 5 nitrogen and oxygen atoms in total. The molecule has 0 aromatic carbocycles. The molecule has 1 unspecified atom stereocenters. The second-order valence-electron chi connectivity index (χ2n) is 4.71. The van der Waals surface area contributed by atoms with Crippen LogP contribution in [0.15, 0.2) is 4.99 Å². The lowest BCUT2D eigenvalue weighted by atomic mass is 10.3. The van der Waals surface area contributed by atoms with E-state index in [-0.39, 0.29) is 0 Å². The minimum absolute atomic E-state index is 0.508. The molecule has 0 radical (unpaired) electrons. The number of nitrogens with zero attached hydrogens (tertiary/aromatic N) is 2. The summed E-state index contributed by atoms with van der Waals surface area (Å²) in [6.45, 7) is 8.56.